The van der Waals surface area contributed by atoms with Gasteiger partial charge in [0.1, 0.15) is 5.75 Å². The molecule has 0 bridgehead atoms. The van der Waals surface area contributed by atoms with E-state index >= 15 is 0 Å². The number of benzene rings is 1. The molecule has 0 aliphatic heterocycles. The summed E-state index contributed by atoms with van der Waals surface area (Å²) >= 11 is 5.99. The number of rotatable bonds is 7. The molecule has 0 saturated heterocycles. The molecule has 0 saturated carbocycles. The van der Waals surface area contributed by atoms with Gasteiger partial charge < -0.3 is 9.72 Å². The van der Waals surface area contributed by atoms with Crippen molar-refractivity contribution in [3.8, 4) is 5.75 Å². The van der Waals surface area contributed by atoms with Crippen molar-refractivity contribution in [2.75, 3.05) is 18.6 Å². The molecule has 1 aromatic carbocycles. The third-order valence-corrected chi connectivity index (χ3v) is 3.98. The Hall–Kier alpha value is -0.810. The molecular formula is C13H18N2OS2. The molecule has 0 aliphatic carbocycles. The molecule has 1 aromatic heterocycles. The third-order valence-electron chi connectivity index (χ3n) is 2.71. The lowest BCUT2D eigenvalue weighted by molar-refractivity contribution is 0.415. The number of aromatic amines is 1. The van der Waals surface area contributed by atoms with Gasteiger partial charge in [-0.2, -0.15) is 12.6 Å². The molecule has 2 rings (SSSR count). The number of hydrogen-bond acceptors (Lipinski definition) is 4. The number of imidazole rings is 1. The van der Waals surface area contributed by atoms with Gasteiger partial charge in [0.05, 0.1) is 18.1 Å². The van der Waals surface area contributed by atoms with Gasteiger partial charge in [-0.3, -0.25) is 0 Å². The SMILES string of the molecule is COc1ccc2nc(SCCCCCS)[nH]c2c1. The number of ether oxygens (including phenoxy) is 1. The molecule has 0 radical (unpaired) electrons. The second-order valence-electron chi connectivity index (χ2n) is 4.06. The fourth-order valence-electron chi connectivity index (χ4n) is 1.72. The molecule has 1 N–H and O–H groups in total. The van der Waals surface area contributed by atoms with E-state index in [0.717, 1.165) is 33.4 Å². The minimum atomic E-state index is 0.858. The fourth-order valence-corrected chi connectivity index (χ4v) is 2.83. The van der Waals surface area contributed by atoms with Gasteiger partial charge in [-0.05, 0) is 30.7 Å². The number of fused-ring (bicyclic) bond motifs is 1. The second-order valence-corrected chi connectivity index (χ2v) is 5.59. The lowest BCUT2D eigenvalue weighted by atomic mass is 10.3. The van der Waals surface area contributed by atoms with Crippen molar-refractivity contribution < 1.29 is 4.74 Å². The van der Waals surface area contributed by atoms with Gasteiger partial charge in [0.2, 0.25) is 0 Å². The highest BCUT2D eigenvalue weighted by molar-refractivity contribution is 7.99. The molecule has 0 unspecified atom stereocenters. The van der Waals surface area contributed by atoms with Gasteiger partial charge in [0, 0.05) is 11.8 Å². The average Bonchev–Trinajstić information content (AvgIpc) is 2.80. The molecular weight excluding hydrogens is 264 g/mol. The lowest BCUT2D eigenvalue weighted by Gasteiger charge is -1.97. The summed E-state index contributed by atoms with van der Waals surface area (Å²) in [6, 6.07) is 5.90. The molecule has 0 amide bonds. The van der Waals surface area contributed by atoms with Crippen LogP contribution >= 0.6 is 24.4 Å². The monoisotopic (exact) mass is 282 g/mol. The van der Waals surface area contributed by atoms with E-state index in [1.165, 1.54) is 19.3 Å². The highest BCUT2D eigenvalue weighted by Crippen LogP contribution is 2.23. The van der Waals surface area contributed by atoms with Crippen LogP contribution in [-0.4, -0.2) is 28.6 Å². The van der Waals surface area contributed by atoms with E-state index < -0.39 is 0 Å². The van der Waals surface area contributed by atoms with Gasteiger partial charge in [-0.1, -0.05) is 18.2 Å². The summed E-state index contributed by atoms with van der Waals surface area (Å²) in [6.07, 6.45) is 3.65. The summed E-state index contributed by atoms with van der Waals surface area (Å²) in [6.45, 7) is 0. The number of hydrogen-bond donors (Lipinski definition) is 2. The highest BCUT2D eigenvalue weighted by Gasteiger charge is 2.04. The fraction of sp³-hybridized carbons (Fsp3) is 0.462. The molecule has 2 aromatic rings. The molecule has 1 heterocycles. The van der Waals surface area contributed by atoms with Crippen molar-refractivity contribution >= 4 is 35.4 Å². The molecule has 5 heteroatoms. The first-order valence-corrected chi connectivity index (χ1v) is 7.72. The molecule has 0 fully saturated rings. The Balaban J connectivity index is 1.93. The summed E-state index contributed by atoms with van der Waals surface area (Å²) in [4.78, 5) is 7.86. The Morgan fingerprint density at radius 1 is 1.33 bits per heavy atom. The van der Waals surface area contributed by atoms with E-state index in [4.69, 9.17) is 4.74 Å². The van der Waals surface area contributed by atoms with Crippen LogP contribution in [0.4, 0.5) is 0 Å². The number of H-pyrrole nitrogens is 1. The minimum absolute atomic E-state index is 0.858. The van der Waals surface area contributed by atoms with E-state index in [1.54, 1.807) is 18.9 Å². The topological polar surface area (TPSA) is 37.9 Å². The molecule has 0 spiro atoms. The maximum absolute atomic E-state index is 5.20. The van der Waals surface area contributed by atoms with Crippen molar-refractivity contribution in [3.05, 3.63) is 18.2 Å². The molecule has 98 valence electrons. The van der Waals surface area contributed by atoms with Crippen molar-refractivity contribution in [2.45, 2.75) is 24.4 Å². The van der Waals surface area contributed by atoms with E-state index in [2.05, 4.69) is 22.6 Å². The Morgan fingerprint density at radius 3 is 3.00 bits per heavy atom. The zero-order valence-corrected chi connectivity index (χ0v) is 12.2. The Kier molecular flexibility index (Phi) is 5.26. The van der Waals surface area contributed by atoms with Crippen LogP contribution in [0, 0.1) is 0 Å². The first kappa shape index (κ1) is 13.6. The maximum atomic E-state index is 5.20. The zero-order chi connectivity index (χ0) is 12.8. The van der Waals surface area contributed by atoms with Crippen LogP contribution < -0.4 is 4.74 Å². The third kappa shape index (κ3) is 3.59. The number of thioether (sulfide) groups is 1. The van der Waals surface area contributed by atoms with Crippen LogP contribution in [0.25, 0.3) is 11.0 Å². The number of unbranched alkanes of at least 4 members (excludes halogenated alkanes) is 2. The number of nitrogens with zero attached hydrogens (tertiary/aromatic N) is 1. The quantitative estimate of drug-likeness (QED) is 0.461. The van der Waals surface area contributed by atoms with E-state index in [0.29, 0.717) is 0 Å². The van der Waals surface area contributed by atoms with Crippen molar-refractivity contribution in [3.63, 3.8) is 0 Å². The standard InChI is InChI=1S/C13H18N2OS2/c1-16-10-5-6-11-12(9-10)15-13(14-11)18-8-4-2-3-7-17/h5-6,9,17H,2-4,7-8H2,1H3,(H,14,15). The summed E-state index contributed by atoms with van der Waals surface area (Å²) in [5, 5.41) is 0.990. The normalized spacial score (nSPS) is 11.0. The number of aromatic nitrogens is 2. The minimum Gasteiger partial charge on any atom is -0.497 e. The number of methoxy groups -OCH3 is 1. The summed E-state index contributed by atoms with van der Waals surface area (Å²) in [7, 11) is 1.68. The van der Waals surface area contributed by atoms with Gasteiger partial charge in [0.15, 0.2) is 5.16 Å². The maximum Gasteiger partial charge on any atom is 0.166 e. The Labute approximate surface area is 117 Å². The van der Waals surface area contributed by atoms with E-state index in [9.17, 15) is 0 Å². The van der Waals surface area contributed by atoms with Crippen molar-refractivity contribution in [2.24, 2.45) is 0 Å². The van der Waals surface area contributed by atoms with Gasteiger partial charge in [-0.15, -0.1) is 0 Å². The molecule has 18 heavy (non-hydrogen) atoms. The van der Waals surface area contributed by atoms with Gasteiger partial charge in [0.25, 0.3) is 0 Å². The first-order valence-electron chi connectivity index (χ1n) is 6.11. The summed E-state index contributed by atoms with van der Waals surface area (Å²) in [5.74, 6) is 2.94. The van der Waals surface area contributed by atoms with Crippen LogP contribution in [0.5, 0.6) is 5.75 Å². The molecule has 0 aliphatic rings. The Bertz CT molecular complexity index is 499. The molecule has 0 atom stereocenters. The number of nitrogens with one attached hydrogen (secondary N) is 1. The Morgan fingerprint density at radius 2 is 2.22 bits per heavy atom. The summed E-state index contributed by atoms with van der Waals surface area (Å²) in [5.41, 5.74) is 2.03. The van der Waals surface area contributed by atoms with Gasteiger partial charge in [-0.25, -0.2) is 4.98 Å². The first-order chi connectivity index (χ1) is 8.83. The summed E-state index contributed by atoms with van der Waals surface area (Å²) < 4.78 is 5.20. The van der Waals surface area contributed by atoms with Crippen LogP contribution in [0.3, 0.4) is 0 Å². The van der Waals surface area contributed by atoms with Crippen molar-refractivity contribution in [1.82, 2.24) is 9.97 Å². The van der Waals surface area contributed by atoms with Crippen LogP contribution in [0.15, 0.2) is 23.4 Å². The van der Waals surface area contributed by atoms with Crippen LogP contribution in [0.1, 0.15) is 19.3 Å². The zero-order valence-electron chi connectivity index (χ0n) is 10.5. The van der Waals surface area contributed by atoms with E-state index in [1.807, 2.05) is 18.2 Å². The van der Waals surface area contributed by atoms with Crippen LogP contribution in [0.2, 0.25) is 0 Å². The predicted molar refractivity (Wildman–Crippen MR) is 81.1 cm³/mol. The second kappa shape index (κ2) is 6.95. The van der Waals surface area contributed by atoms with Gasteiger partial charge >= 0.3 is 0 Å². The predicted octanol–water partition coefficient (Wildman–Crippen LogP) is 3.76. The largest absolute Gasteiger partial charge is 0.497 e. The lowest BCUT2D eigenvalue weighted by Crippen LogP contribution is -1.83. The average molecular weight is 282 g/mol. The van der Waals surface area contributed by atoms with Crippen LogP contribution in [-0.2, 0) is 0 Å². The molecule has 3 nitrogen and oxygen atoms in total. The van der Waals surface area contributed by atoms with Crippen molar-refractivity contribution in [1.29, 1.82) is 0 Å². The smallest absolute Gasteiger partial charge is 0.166 e. The number of thiol groups is 1. The van der Waals surface area contributed by atoms with E-state index in [-0.39, 0.29) is 0 Å². The highest BCUT2D eigenvalue weighted by atomic mass is 32.2.